The molecule has 19 heavy (non-hydrogen) atoms. The van der Waals surface area contributed by atoms with Gasteiger partial charge in [0.15, 0.2) is 0 Å². The number of aryl methyl sites for hydroxylation is 1. The van der Waals surface area contributed by atoms with E-state index in [2.05, 4.69) is 42.7 Å². The highest BCUT2D eigenvalue weighted by Crippen LogP contribution is 2.39. The van der Waals surface area contributed by atoms with E-state index in [0.29, 0.717) is 0 Å². The Hall–Kier alpha value is -0.460. The first-order chi connectivity index (χ1) is 8.97. The first-order valence-corrected chi connectivity index (χ1v) is 7.94. The first kappa shape index (κ1) is 14.9. The second-order valence-electron chi connectivity index (χ2n) is 3.86. The minimum atomic E-state index is -2.79. The number of halogens is 4. The summed E-state index contributed by atoms with van der Waals surface area (Å²) in [6, 6.07) is 8.71. The van der Waals surface area contributed by atoms with Crippen LogP contribution in [0.3, 0.4) is 0 Å². The van der Waals surface area contributed by atoms with Gasteiger partial charge in [-0.1, -0.05) is 28.1 Å². The van der Waals surface area contributed by atoms with Crippen LogP contribution in [-0.4, -0.2) is 6.61 Å². The number of thiophene rings is 1. The van der Waals surface area contributed by atoms with E-state index in [4.69, 9.17) is 0 Å². The number of alkyl halides is 3. The Labute approximate surface area is 130 Å². The van der Waals surface area contributed by atoms with Gasteiger partial charge >= 0.3 is 6.61 Å². The van der Waals surface area contributed by atoms with E-state index in [0.717, 1.165) is 14.9 Å². The molecular formula is C13H10Br2F2OS. The summed E-state index contributed by atoms with van der Waals surface area (Å²) in [5.41, 5.74) is 0.996. The van der Waals surface area contributed by atoms with E-state index in [1.54, 1.807) is 35.6 Å². The van der Waals surface area contributed by atoms with Crippen LogP contribution < -0.4 is 4.74 Å². The second kappa shape index (κ2) is 6.33. The molecule has 0 aliphatic carbocycles. The molecule has 1 atom stereocenters. The smallest absolute Gasteiger partial charge is 0.387 e. The molecule has 0 fully saturated rings. The Bertz CT molecular complexity index is 535. The summed E-state index contributed by atoms with van der Waals surface area (Å²) in [4.78, 5) is 2.41. The van der Waals surface area contributed by atoms with Gasteiger partial charge in [-0.3, -0.25) is 0 Å². The molecule has 0 radical (unpaired) electrons. The number of ether oxygens (including phenoxy) is 1. The lowest BCUT2D eigenvalue weighted by atomic mass is 10.1. The van der Waals surface area contributed by atoms with Crippen LogP contribution in [0.25, 0.3) is 0 Å². The summed E-state index contributed by atoms with van der Waals surface area (Å²) in [5, 5.41) is 0. The van der Waals surface area contributed by atoms with Crippen LogP contribution in [-0.2, 0) is 0 Å². The number of rotatable bonds is 4. The van der Waals surface area contributed by atoms with Gasteiger partial charge in [-0.15, -0.1) is 11.3 Å². The maximum Gasteiger partial charge on any atom is 0.387 e. The lowest BCUT2D eigenvalue weighted by Gasteiger charge is -2.09. The van der Waals surface area contributed by atoms with Gasteiger partial charge in [0.25, 0.3) is 0 Å². The molecule has 0 saturated carbocycles. The maximum atomic E-state index is 12.1. The molecule has 6 heteroatoms. The largest absolute Gasteiger partial charge is 0.435 e. The molecule has 1 aromatic carbocycles. The molecule has 0 bridgehead atoms. The highest BCUT2D eigenvalue weighted by Gasteiger charge is 2.14. The molecule has 0 spiro atoms. The third-order valence-corrected chi connectivity index (χ3v) is 6.05. The number of hydrogen-bond donors (Lipinski definition) is 0. The molecule has 1 unspecified atom stereocenters. The van der Waals surface area contributed by atoms with Gasteiger partial charge in [0.2, 0.25) is 0 Å². The molecule has 2 rings (SSSR count). The Morgan fingerprint density at radius 3 is 2.32 bits per heavy atom. The fraction of sp³-hybridized carbons (Fsp3) is 0.231. The van der Waals surface area contributed by atoms with Gasteiger partial charge in [0.1, 0.15) is 5.75 Å². The lowest BCUT2D eigenvalue weighted by Crippen LogP contribution is -2.01. The zero-order valence-corrected chi connectivity index (χ0v) is 13.9. The van der Waals surface area contributed by atoms with Gasteiger partial charge in [0.05, 0.1) is 4.83 Å². The minimum absolute atomic E-state index is 0.0445. The predicted molar refractivity (Wildman–Crippen MR) is 80.6 cm³/mol. The average Bonchev–Trinajstić information content (AvgIpc) is 2.69. The normalized spacial score (nSPS) is 12.7. The Kier molecular flexibility index (Phi) is 4.97. The fourth-order valence-corrected chi connectivity index (χ4v) is 3.87. The Balaban J connectivity index is 2.17. The van der Waals surface area contributed by atoms with Gasteiger partial charge < -0.3 is 4.74 Å². The molecule has 0 aliphatic rings. The summed E-state index contributed by atoms with van der Waals surface area (Å²) in [7, 11) is 0. The number of hydrogen-bond acceptors (Lipinski definition) is 2. The summed E-state index contributed by atoms with van der Waals surface area (Å²) in [6.07, 6.45) is 0. The second-order valence-corrected chi connectivity index (χ2v) is 6.92. The molecule has 2 aromatic rings. The molecule has 0 N–H and O–H groups in total. The van der Waals surface area contributed by atoms with Crippen molar-refractivity contribution < 1.29 is 13.5 Å². The Morgan fingerprint density at radius 1 is 1.21 bits per heavy atom. The van der Waals surface area contributed by atoms with Crippen LogP contribution in [0.5, 0.6) is 5.75 Å². The van der Waals surface area contributed by atoms with Crippen LogP contribution >= 0.6 is 43.2 Å². The molecule has 1 nitrogen and oxygen atoms in total. The molecule has 1 heterocycles. The minimum Gasteiger partial charge on any atom is -0.435 e. The van der Waals surface area contributed by atoms with E-state index in [1.807, 2.05) is 6.92 Å². The van der Waals surface area contributed by atoms with Gasteiger partial charge in [0, 0.05) is 14.2 Å². The molecule has 0 amide bonds. The summed E-state index contributed by atoms with van der Waals surface area (Å²) < 4.78 is 29.5. The quantitative estimate of drug-likeness (QED) is 0.568. The van der Waals surface area contributed by atoms with Crippen molar-refractivity contribution in [3.05, 3.63) is 50.1 Å². The van der Waals surface area contributed by atoms with Crippen LogP contribution in [0.4, 0.5) is 8.78 Å². The zero-order chi connectivity index (χ0) is 14.0. The summed E-state index contributed by atoms with van der Waals surface area (Å²) in [6.45, 7) is -0.751. The van der Waals surface area contributed by atoms with E-state index in [-0.39, 0.29) is 10.6 Å². The standard InChI is InChI=1S/C13H10Br2F2OS/c1-7-10(14)6-11(19-7)12(15)8-2-4-9(5-3-8)18-13(16)17/h2-6,12-13H,1H3. The molecule has 0 aliphatic heterocycles. The first-order valence-electron chi connectivity index (χ1n) is 5.42. The monoisotopic (exact) mass is 410 g/mol. The van der Waals surface area contributed by atoms with Crippen LogP contribution in [0.15, 0.2) is 34.8 Å². The summed E-state index contributed by atoms with van der Waals surface area (Å²) >= 11 is 8.79. The topological polar surface area (TPSA) is 9.23 Å². The van der Waals surface area contributed by atoms with Crippen molar-refractivity contribution in [2.45, 2.75) is 18.4 Å². The average molecular weight is 412 g/mol. The molecule has 0 saturated heterocycles. The van der Waals surface area contributed by atoms with Gasteiger partial charge in [-0.25, -0.2) is 0 Å². The van der Waals surface area contributed by atoms with Crippen LogP contribution in [0, 0.1) is 6.92 Å². The third kappa shape index (κ3) is 3.77. The maximum absolute atomic E-state index is 12.1. The van der Waals surface area contributed by atoms with Crippen molar-refractivity contribution in [1.82, 2.24) is 0 Å². The Morgan fingerprint density at radius 2 is 1.84 bits per heavy atom. The van der Waals surface area contributed by atoms with Crippen molar-refractivity contribution in [3.8, 4) is 5.75 Å². The summed E-state index contributed by atoms with van der Waals surface area (Å²) in [5.74, 6) is 0.169. The molecule has 1 aromatic heterocycles. The van der Waals surface area contributed by atoms with Gasteiger partial charge in [-0.2, -0.15) is 8.78 Å². The molecule has 102 valence electrons. The highest BCUT2D eigenvalue weighted by atomic mass is 79.9. The van der Waals surface area contributed by atoms with Gasteiger partial charge in [-0.05, 0) is 46.6 Å². The van der Waals surface area contributed by atoms with Crippen molar-refractivity contribution in [1.29, 1.82) is 0 Å². The highest BCUT2D eigenvalue weighted by molar-refractivity contribution is 9.10. The third-order valence-electron chi connectivity index (χ3n) is 2.52. The van der Waals surface area contributed by atoms with E-state index < -0.39 is 6.61 Å². The van der Waals surface area contributed by atoms with Crippen molar-refractivity contribution in [3.63, 3.8) is 0 Å². The SMILES string of the molecule is Cc1sc(C(Br)c2ccc(OC(F)F)cc2)cc1Br. The van der Waals surface area contributed by atoms with Crippen LogP contribution in [0.2, 0.25) is 0 Å². The zero-order valence-electron chi connectivity index (χ0n) is 9.87. The number of benzene rings is 1. The molecular weight excluding hydrogens is 402 g/mol. The van der Waals surface area contributed by atoms with Crippen LogP contribution in [0.1, 0.15) is 20.1 Å². The fourth-order valence-electron chi connectivity index (χ4n) is 1.59. The van der Waals surface area contributed by atoms with Crippen molar-refractivity contribution in [2.75, 3.05) is 0 Å². The lowest BCUT2D eigenvalue weighted by molar-refractivity contribution is -0.0498. The van der Waals surface area contributed by atoms with E-state index in [9.17, 15) is 8.78 Å². The van der Waals surface area contributed by atoms with E-state index >= 15 is 0 Å². The van der Waals surface area contributed by atoms with E-state index in [1.165, 1.54) is 4.88 Å². The predicted octanol–water partition coefficient (Wildman–Crippen LogP) is 5.90. The van der Waals surface area contributed by atoms with Crippen molar-refractivity contribution in [2.24, 2.45) is 0 Å². The van der Waals surface area contributed by atoms with Crippen molar-refractivity contribution >= 4 is 43.2 Å².